The molecule has 1 aromatic carbocycles. The first-order chi connectivity index (χ1) is 6.38. The van der Waals surface area contributed by atoms with Crippen LogP contribution in [0.1, 0.15) is 30.6 Å². The van der Waals surface area contributed by atoms with Gasteiger partial charge in [0, 0.05) is 22.6 Å². The van der Waals surface area contributed by atoms with E-state index in [1.54, 1.807) is 11.8 Å². The Morgan fingerprint density at radius 1 is 1.23 bits per heavy atom. The van der Waals surface area contributed by atoms with Crippen LogP contribution in [0.5, 0.6) is 0 Å². The molecular formula is C11H14OS. The third kappa shape index (κ3) is 2.34. The van der Waals surface area contributed by atoms with E-state index >= 15 is 0 Å². The first-order valence-electron chi connectivity index (χ1n) is 4.63. The maximum Gasteiger partial charge on any atom is 0.164 e. The van der Waals surface area contributed by atoms with Crippen molar-refractivity contribution < 1.29 is 4.79 Å². The summed E-state index contributed by atoms with van der Waals surface area (Å²) < 4.78 is 0. The van der Waals surface area contributed by atoms with Crippen LogP contribution >= 0.6 is 11.8 Å². The highest BCUT2D eigenvalue weighted by Crippen LogP contribution is 2.28. The summed E-state index contributed by atoms with van der Waals surface area (Å²) in [6, 6.07) is 7.81. The molecule has 0 bridgehead atoms. The average molecular weight is 194 g/mol. The van der Waals surface area contributed by atoms with Crippen molar-refractivity contribution in [3.8, 4) is 0 Å². The molecule has 1 aliphatic rings. The van der Waals surface area contributed by atoms with Crippen molar-refractivity contribution in [3.63, 3.8) is 0 Å². The molecule has 0 unspecified atom stereocenters. The van der Waals surface area contributed by atoms with E-state index in [0.717, 1.165) is 16.2 Å². The van der Waals surface area contributed by atoms with E-state index in [1.807, 2.05) is 38.1 Å². The minimum absolute atomic E-state index is 0.291. The number of ketones is 1. The molecule has 1 aromatic rings. The Labute approximate surface area is 83.5 Å². The molecule has 0 fully saturated rings. The van der Waals surface area contributed by atoms with E-state index in [0.29, 0.717) is 12.2 Å². The maximum absolute atomic E-state index is 11.3. The van der Waals surface area contributed by atoms with Crippen molar-refractivity contribution in [2.45, 2.75) is 25.2 Å². The molecule has 0 N–H and O–H groups in total. The summed E-state index contributed by atoms with van der Waals surface area (Å²) in [7, 11) is 0. The van der Waals surface area contributed by atoms with Gasteiger partial charge in [-0.25, -0.2) is 0 Å². The van der Waals surface area contributed by atoms with Gasteiger partial charge >= 0.3 is 0 Å². The van der Waals surface area contributed by atoms with E-state index in [9.17, 15) is 4.79 Å². The van der Waals surface area contributed by atoms with Crippen molar-refractivity contribution >= 4 is 17.5 Å². The van der Waals surface area contributed by atoms with Crippen molar-refractivity contribution in [2.24, 2.45) is 0 Å². The average Bonchev–Trinajstić information content (AvgIpc) is 2.22. The predicted octanol–water partition coefficient (Wildman–Crippen LogP) is 3.39. The quantitative estimate of drug-likeness (QED) is 0.629. The summed E-state index contributed by atoms with van der Waals surface area (Å²) in [5.74, 6) is 1.23. The van der Waals surface area contributed by atoms with Gasteiger partial charge in [0.15, 0.2) is 5.78 Å². The van der Waals surface area contributed by atoms with Crippen LogP contribution in [0.25, 0.3) is 0 Å². The normalized spacial score (nSPS) is 14.2. The molecular weight excluding hydrogens is 180 g/mol. The lowest BCUT2D eigenvalue weighted by Crippen LogP contribution is -2.07. The van der Waals surface area contributed by atoms with Crippen molar-refractivity contribution in [3.05, 3.63) is 29.8 Å². The van der Waals surface area contributed by atoms with Gasteiger partial charge in [0.2, 0.25) is 0 Å². The number of carbonyl (C=O) groups is 1. The van der Waals surface area contributed by atoms with Crippen molar-refractivity contribution in [2.75, 3.05) is 5.75 Å². The summed E-state index contributed by atoms with van der Waals surface area (Å²) in [5, 5.41) is 0. The first-order valence-corrected chi connectivity index (χ1v) is 5.61. The second-order valence-corrected chi connectivity index (χ2v) is 3.65. The topological polar surface area (TPSA) is 17.1 Å². The molecule has 2 rings (SSSR count). The molecule has 1 heterocycles. The number of benzene rings is 1. The van der Waals surface area contributed by atoms with Crippen molar-refractivity contribution in [1.82, 2.24) is 0 Å². The highest BCUT2D eigenvalue weighted by atomic mass is 32.2. The molecule has 0 saturated carbocycles. The van der Waals surface area contributed by atoms with Crippen LogP contribution in [0.15, 0.2) is 29.2 Å². The lowest BCUT2D eigenvalue weighted by molar-refractivity contribution is 0.0985. The van der Waals surface area contributed by atoms with Gasteiger partial charge in [-0.3, -0.25) is 4.79 Å². The van der Waals surface area contributed by atoms with Gasteiger partial charge in [-0.05, 0) is 6.07 Å². The summed E-state index contributed by atoms with van der Waals surface area (Å²) in [6.07, 6.45) is 0.696. The fraction of sp³-hybridized carbons (Fsp3) is 0.364. The smallest absolute Gasteiger partial charge is 0.164 e. The monoisotopic (exact) mass is 194 g/mol. The van der Waals surface area contributed by atoms with Crippen LogP contribution in [0.3, 0.4) is 0 Å². The zero-order chi connectivity index (χ0) is 9.68. The second kappa shape index (κ2) is 5.07. The van der Waals surface area contributed by atoms with Gasteiger partial charge in [-0.1, -0.05) is 32.0 Å². The molecule has 2 heteroatoms. The van der Waals surface area contributed by atoms with Crippen LogP contribution in [-0.2, 0) is 0 Å². The standard InChI is InChI=1S/C9H8OS.C2H6/c10-8-5-6-11-9-4-2-1-3-7(8)9;1-2/h1-4H,5-6H2;1-2H3. The molecule has 13 heavy (non-hydrogen) atoms. The SMILES string of the molecule is CC.O=C1CCSc2ccccc21. The Kier molecular flexibility index (Phi) is 4.03. The molecule has 0 saturated heterocycles. The summed E-state index contributed by atoms with van der Waals surface area (Å²) in [6.45, 7) is 4.00. The number of hydrogen-bond donors (Lipinski definition) is 0. The summed E-state index contributed by atoms with van der Waals surface area (Å²) >= 11 is 1.77. The zero-order valence-corrected chi connectivity index (χ0v) is 8.86. The van der Waals surface area contributed by atoms with Crippen LogP contribution in [-0.4, -0.2) is 11.5 Å². The molecule has 70 valence electrons. The van der Waals surface area contributed by atoms with Gasteiger partial charge < -0.3 is 0 Å². The molecule has 0 spiro atoms. The maximum atomic E-state index is 11.3. The van der Waals surface area contributed by atoms with E-state index < -0.39 is 0 Å². The van der Waals surface area contributed by atoms with Gasteiger partial charge in [-0.15, -0.1) is 11.8 Å². The molecule has 1 aliphatic heterocycles. The van der Waals surface area contributed by atoms with Gasteiger partial charge in [0.1, 0.15) is 0 Å². The summed E-state index contributed by atoms with van der Waals surface area (Å²) in [5.41, 5.74) is 0.906. The molecule has 0 amide bonds. The van der Waals surface area contributed by atoms with E-state index in [2.05, 4.69) is 0 Å². The van der Waals surface area contributed by atoms with Gasteiger partial charge in [0.25, 0.3) is 0 Å². The lowest BCUT2D eigenvalue weighted by Gasteiger charge is -2.12. The third-order valence-corrected chi connectivity index (χ3v) is 2.85. The number of rotatable bonds is 0. The minimum Gasteiger partial charge on any atom is -0.294 e. The van der Waals surface area contributed by atoms with E-state index in [1.165, 1.54) is 0 Å². The van der Waals surface area contributed by atoms with Crippen LogP contribution in [0.4, 0.5) is 0 Å². The second-order valence-electron chi connectivity index (χ2n) is 2.52. The van der Waals surface area contributed by atoms with Crippen LogP contribution < -0.4 is 0 Å². The predicted molar refractivity (Wildman–Crippen MR) is 57.5 cm³/mol. The van der Waals surface area contributed by atoms with Gasteiger partial charge in [-0.2, -0.15) is 0 Å². The Balaban J connectivity index is 0.000000396. The zero-order valence-electron chi connectivity index (χ0n) is 8.04. The first kappa shape index (κ1) is 10.3. The number of fused-ring (bicyclic) bond motifs is 1. The van der Waals surface area contributed by atoms with E-state index in [-0.39, 0.29) is 0 Å². The number of thioether (sulfide) groups is 1. The molecule has 0 radical (unpaired) electrons. The minimum atomic E-state index is 0.291. The lowest BCUT2D eigenvalue weighted by atomic mass is 10.1. The van der Waals surface area contributed by atoms with Crippen LogP contribution in [0, 0.1) is 0 Å². The fourth-order valence-corrected chi connectivity index (χ4v) is 2.23. The van der Waals surface area contributed by atoms with Gasteiger partial charge in [0.05, 0.1) is 0 Å². The Morgan fingerprint density at radius 3 is 2.62 bits per heavy atom. The molecule has 0 aromatic heterocycles. The van der Waals surface area contributed by atoms with Crippen molar-refractivity contribution in [1.29, 1.82) is 0 Å². The Morgan fingerprint density at radius 2 is 1.92 bits per heavy atom. The fourth-order valence-electron chi connectivity index (χ4n) is 1.21. The molecule has 1 nitrogen and oxygen atoms in total. The largest absolute Gasteiger partial charge is 0.294 e. The molecule has 0 aliphatic carbocycles. The number of hydrogen-bond acceptors (Lipinski definition) is 2. The number of Topliss-reactive ketones (excluding diaryl/α,β-unsaturated/α-hetero) is 1. The highest BCUT2D eigenvalue weighted by Gasteiger charge is 2.15. The number of carbonyl (C=O) groups excluding carboxylic acids is 1. The Hall–Kier alpha value is -0.760. The third-order valence-electron chi connectivity index (χ3n) is 1.77. The van der Waals surface area contributed by atoms with E-state index in [4.69, 9.17) is 0 Å². The summed E-state index contributed by atoms with van der Waals surface area (Å²) in [4.78, 5) is 12.4. The highest BCUT2D eigenvalue weighted by molar-refractivity contribution is 7.99. The molecule has 0 atom stereocenters. The Bertz CT molecular complexity index is 294. The van der Waals surface area contributed by atoms with Crippen LogP contribution in [0.2, 0.25) is 0 Å².